The van der Waals surface area contributed by atoms with E-state index in [0.29, 0.717) is 12.4 Å². The van der Waals surface area contributed by atoms with Gasteiger partial charge in [-0.2, -0.15) is 4.80 Å². The van der Waals surface area contributed by atoms with Gasteiger partial charge >= 0.3 is 0 Å². The minimum absolute atomic E-state index is 0.0537. The number of rotatable bonds is 4. The first-order valence-corrected chi connectivity index (χ1v) is 4.39. The van der Waals surface area contributed by atoms with E-state index in [1.165, 1.54) is 4.80 Å². The number of nitrogens with zero attached hydrogens (tertiary/aromatic N) is 4. The maximum absolute atomic E-state index is 10.7. The van der Waals surface area contributed by atoms with E-state index in [1.54, 1.807) is 0 Å². The first-order valence-electron chi connectivity index (χ1n) is 3.85. The van der Waals surface area contributed by atoms with Crippen LogP contribution in [0, 0.1) is 0 Å². The van der Waals surface area contributed by atoms with Crippen LogP contribution in [0.2, 0.25) is 0 Å². The lowest BCUT2D eigenvalue weighted by molar-refractivity contribution is -0.118. The van der Waals surface area contributed by atoms with E-state index in [2.05, 4.69) is 20.7 Å². The Morgan fingerprint density at radius 2 is 2.46 bits per heavy atom. The number of amides is 1. The maximum Gasteiger partial charge on any atom is 0.235 e. The molecular weight excluding hydrogens is 194 g/mol. The molecular formula is C6H10ClN5O. The Balaban J connectivity index is 2.41. The number of alkyl halides is 1. The normalized spacial score (nSPS) is 10.0. The molecule has 1 heterocycles. The van der Waals surface area contributed by atoms with E-state index < -0.39 is 0 Å². The third-order valence-corrected chi connectivity index (χ3v) is 1.58. The molecule has 1 amide bonds. The molecule has 7 heteroatoms. The van der Waals surface area contributed by atoms with Crippen molar-refractivity contribution in [3.63, 3.8) is 0 Å². The van der Waals surface area contributed by atoms with Crippen LogP contribution in [0.4, 0.5) is 0 Å². The van der Waals surface area contributed by atoms with Crippen LogP contribution in [0.5, 0.6) is 0 Å². The van der Waals surface area contributed by atoms with Crippen molar-refractivity contribution in [1.29, 1.82) is 0 Å². The fraction of sp³-hybridized carbons (Fsp3) is 0.667. The molecule has 1 aromatic rings. The van der Waals surface area contributed by atoms with Crippen molar-refractivity contribution in [2.24, 2.45) is 0 Å². The number of hydrogen-bond acceptors (Lipinski definition) is 4. The van der Waals surface area contributed by atoms with Crippen LogP contribution >= 0.6 is 11.6 Å². The molecule has 0 radical (unpaired) electrons. The van der Waals surface area contributed by atoms with Crippen molar-refractivity contribution < 1.29 is 4.79 Å². The summed E-state index contributed by atoms with van der Waals surface area (Å²) < 4.78 is 0. The van der Waals surface area contributed by atoms with Gasteiger partial charge in [-0.05, 0) is 12.1 Å². The second kappa shape index (κ2) is 4.76. The summed E-state index contributed by atoms with van der Waals surface area (Å²) >= 11 is 5.28. The Morgan fingerprint density at radius 3 is 3.00 bits per heavy atom. The van der Waals surface area contributed by atoms with Crippen molar-refractivity contribution >= 4 is 17.5 Å². The molecule has 1 aromatic heterocycles. The zero-order valence-corrected chi connectivity index (χ0v) is 7.95. The van der Waals surface area contributed by atoms with Gasteiger partial charge in [0.2, 0.25) is 5.91 Å². The molecule has 0 fully saturated rings. The summed E-state index contributed by atoms with van der Waals surface area (Å²) in [7, 11) is 0. The molecule has 1 N–H and O–H groups in total. The number of carbonyl (C=O) groups is 1. The molecule has 0 aliphatic carbocycles. The summed E-state index contributed by atoms with van der Waals surface area (Å²) in [6.07, 6.45) is 0. The predicted molar refractivity (Wildman–Crippen MR) is 46.1 cm³/mol. The van der Waals surface area contributed by atoms with Gasteiger partial charge in [0.05, 0.1) is 13.1 Å². The van der Waals surface area contributed by atoms with Gasteiger partial charge < -0.3 is 5.32 Å². The Bertz CT molecular complexity index is 286. The van der Waals surface area contributed by atoms with E-state index in [0.717, 1.165) is 0 Å². The average Bonchev–Trinajstić information content (AvgIpc) is 2.61. The summed E-state index contributed by atoms with van der Waals surface area (Å²) in [5, 5.41) is 14.0. The predicted octanol–water partition coefficient (Wildman–Crippen LogP) is -0.452. The second-order valence-corrected chi connectivity index (χ2v) is 2.57. The smallest absolute Gasteiger partial charge is 0.235 e. The number of aryl methyl sites for hydroxylation is 1. The number of nitrogens with one attached hydrogen (secondary N) is 1. The van der Waals surface area contributed by atoms with E-state index in [4.69, 9.17) is 11.6 Å². The summed E-state index contributed by atoms with van der Waals surface area (Å²) in [5.74, 6) is 0.192. The molecule has 0 aliphatic heterocycles. The Hall–Kier alpha value is -1.17. The summed E-state index contributed by atoms with van der Waals surface area (Å²) in [6, 6.07) is 0. The summed E-state index contributed by atoms with van der Waals surface area (Å²) in [4.78, 5) is 12.2. The topological polar surface area (TPSA) is 72.7 Å². The van der Waals surface area contributed by atoms with Gasteiger partial charge in [0.25, 0.3) is 0 Å². The highest BCUT2D eigenvalue weighted by atomic mass is 35.5. The fourth-order valence-electron chi connectivity index (χ4n) is 0.706. The fourth-order valence-corrected chi connectivity index (χ4v) is 0.801. The number of tetrazole rings is 1. The van der Waals surface area contributed by atoms with Crippen molar-refractivity contribution in [1.82, 2.24) is 25.5 Å². The van der Waals surface area contributed by atoms with Crippen LogP contribution in [0.25, 0.3) is 0 Å². The van der Waals surface area contributed by atoms with Crippen LogP contribution in [0.1, 0.15) is 12.7 Å². The largest absolute Gasteiger partial charge is 0.348 e. The third kappa shape index (κ3) is 2.98. The Labute approximate surface area is 80.3 Å². The molecule has 0 aliphatic rings. The van der Waals surface area contributed by atoms with Crippen LogP contribution in [0.15, 0.2) is 0 Å². The maximum atomic E-state index is 10.7. The zero-order chi connectivity index (χ0) is 9.68. The molecule has 0 unspecified atom stereocenters. The molecule has 0 atom stereocenters. The monoisotopic (exact) mass is 203 g/mol. The summed E-state index contributed by atoms with van der Waals surface area (Å²) in [6.45, 7) is 2.84. The standard InChI is InChI=1S/C6H10ClN5O/c1-2-12-10-5(9-11-12)4-8-6(13)3-7/h2-4H2,1H3,(H,8,13). The SMILES string of the molecule is CCn1nnc(CNC(=O)CCl)n1. The van der Waals surface area contributed by atoms with E-state index >= 15 is 0 Å². The van der Waals surface area contributed by atoms with Gasteiger partial charge in [-0.15, -0.1) is 21.8 Å². The van der Waals surface area contributed by atoms with E-state index in [9.17, 15) is 4.79 Å². The third-order valence-electron chi connectivity index (χ3n) is 1.34. The Kier molecular flexibility index (Phi) is 3.63. The lowest BCUT2D eigenvalue weighted by atomic mass is 10.6. The van der Waals surface area contributed by atoms with Gasteiger partial charge in [-0.25, -0.2) is 0 Å². The van der Waals surface area contributed by atoms with Crippen LogP contribution in [-0.4, -0.2) is 32.0 Å². The van der Waals surface area contributed by atoms with Crippen molar-refractivity contribution in [2.45, 2.75) is 20.0 Å². The van der Waals surface area contributed by atoms with Gasteiger partial charge in [-0.1, -0.05) is 0 Å². The summed E-state index contributed by atoms with van der Waals surface area (Å²) in [5.41, 5.74) is 0. The quantitative estimate of drug-likeness (QED) is 0.673. The van der Waals surface area contributed by atoms with Gasteiger partial charge in [0.15, 0.2) is 5.82 Å². The van der Waals surface area contributed by atoms with Gasteiger partial charge in [-0.3, -0.25) is 4.79 Å². The first kappa shape index (κ1) is 9.91. The van der Waals surface area contributed by atoms with Crippen LogP contribution in [0.3, 0.4) is 0 Å². The van der Waals surface area contributed by atoms with Gasteiger partial charge in [0, 0.05) is 0 Å². The van der Waals surface area contributed by atoms with Crippen LogP contribution in [-0.2, 0) is 17.9 Å². The zero-order valence-electron chi connectivity index (χ0n) is 7.20. The molecule has 0 spiro atoms. The molecule has 6 nitrogen and oxygen atoms in total. The average molecular weight is 204 g/mol. The molecule has 1 rings (SSSR count). The minimum atomic E-state index is -0.241. The molecule has 0 saturated heterocycles. The Morgan fingerprint density at radius 1 is 1.69 bits per heavy atom. The number of carbonyl (C=O) groups excluding carboxylic acids is 1. The van der Waals surface area contributed by atoms with Gasteiger partial charge in [0.1, 0.15) is 5.88 Å². The molecule has 13 heavy (non-hydrogen) atoms. The van der Waals surface area contributed by atoms with E-state index in [1.807, 2.05) is 6.92 Å². The molecule has 0 bridgehead atoms. The first-order chi connectivity index (χ1) is 6.26. The number of hydrogen-bond donors (Lipinski definition) is 1. The number of aromatic nitrogens is 4. The van der Waals surface area contributed by atoms with Crippen molar-refractivity contribution in [2.75, 3.05) is 5.88 Å². The second-order valence-electron chi connectivity index (χ2n) is 2.30. The molecule has 0 aromatic carbocycles. The van der Waals surface area contributed by atoms with Crippen LogP contribution < -0.4 is 5.32 Å². The molecule has 72 valence electrons. The van der Waals surface area contributed by atoms with Crippen molar-refractivity contribution in [3.8, 4) is 0 Å². The minimum Gasteiger partial charge on any atom is -0.348 e. The highest BCUT2D eigenvalue weighted by Gasteiger charge is 2.03. The van der Waals surface area contributed by atoms with Crippen molar-refractivity contribution in [3.05, 3.63) is 5.82 Å². The highest BCUT2D eigenvalue weighted by Crippen LogP contribution is 1.86. The lowest BCUT2D eigenvalue weighted by Gasteiger charge is -1.96. The lowest BCUT2D eigenvalue weighted by Crippen LogP contribution is -2.24. The number of halogens is 1. The van der Waals surface area contributed by atoms with E-state index in [-0.39, 0.29) is 18.3 Å². The highest BCUT2D eigenvalue weighted by molar-refractivity contribution is 6.27. The molecule has 0 saturated carbocycles.